The van der Waals surface area contributed by atoms with Crippen molar-refractivity contribution in [2.24, 2.45) is 0 Å². The van der Waals surface area contributed by atoms with E-state index in [4.69, 9.17) is 4.42 Å². The first-order chi connectivity index (χ1) is 11.1. The zero-order valence-electron chi connectivity index (χ0n) is 13.2. The van der Waals surface area contributed by atoms with Gasteiger partial charge in [0.05, 0.1) is 13.5 Å². The SMILES string of the molecule is COC(=O)CCc1ccc(/C=C/C(=O)Nc2ccccc2C)o1. The number of amides is 1. The molecule has 0 radical (unpaired) electrons. The summed E-state index contributed by atoms with van der Waals surface area (Å²) < 4.78 is 10.1. The second-order valence-electron chi connectivity index (χ2n) is 5.02. The monoisotopic (exact) mass is 313 g/mol. The highest BCUT2D eigenvalue weighted by atomic mass is 16.5. The quantitative estimate of drug-likeness (QED) is 0.656. The van der Waals surface area contributed by atoms with Gasteiger partial charge in [-0.05, 0) is 36.8 Å². The van der Waals surface area contributed by atoms with Gasteiger partial charge in [0.25, 0.3) is 0 Å². The minimum Gasteiger partial charge on any atom is -0.469 e. The molecule has 1 heterocycles. The van der Waals surface area contributed by atoms with Crippen LogP contribution >= 0.6 is 0 Å². The molecule has 5 heteroatoms. The van der Waals surface area contributed by atoms with Gasteiger partial charge in [-0.3, -0.25) is 9.59 Å². The van der Waals surface area contributed by atoms with Crippen LogP contribution in [0.25, 0.3) is 6.08 Å². The fourth-order valence-electron chi connectivity index (χ4n) is 1.99. The molecule has 1 amide bonds. The van der Waals surface area contributed by atoms with Crippen molar-refractivity contribution in [1.82, 2.24) is 0 Å². The third-order valence-electron chi connectivity index (χ3n) is 3.29. The van der Waals surface area contributed by atoms with Crippen LogP contribution in [0.1, 0.15) is 23.5 Å². The molecule has 0 saturated carbocycles. The van der Waals surface area contributed by atoms with E-state index in [9.17, 15) is 9.59 Å². The maximum absolute atomic E-state index is 11.9. The molecule has 0 atom stereocenters. The molecule has 0 spiro atoms. The molecule has 0 aliphatic carbocycles. The summed E-state index contributed by atoms with van der Waals surface area (Å²) >= 11 is 0. The minimum atomic E-state index is -0.281. The van der Waals surface area contributed by atoms with Crippen molar-refractivity contribution >= 4 is 23.6 Å². The van der Waals surface area contributed by atoms with Crippen LogP contribution in [0, 0.1) is 6.92 Å². The summed E-state index contributed by atoms with van der Waals surface area (Å²) in [4.78, 5) is 23.0. The third-order valence-corrected chi connectivity index (χ3v) is 3.29. The van der Waals surface area contributed by atoms with Gasteiger partial charge in [0, 0.05) is 18.2 Å². The highest BCUT2D eigenvalue weighted by Gasteiger charge is 2.05. The van der Waals surface area contributed by atoms with Gasteiger partial charge < -0.3 is 14.5 Å². The number of anilines is 1. The summed E-state index contributed by atoms with van der Waals surface area (Å²) in [7, 11) is 1.35. The predicted octanol–water partition coefficient (Wildman–Crippen LogP) is 3.35. The smallest absolute Gasteiger partial charge is 0.305 e. The van der Waals surface area contributed by atoms with Crippen LogP contribution in [0.4, 0.5) is 5.69 Å². The summed E-state index contributed by atoms with van der Waals surface area (Å²) in [5.74, 6) is 0.724. The number of carbonyl (C=O) groups is 2. The number of nitrogens with one attached hydrogen (secondary N) is 1. The van der Waals surface area contributed by atoms with Crippen LogP contribution in [0.2, 0.25) is 0 Å². The number of ether oxygens (including phenoxy) is 1. The van der Waals surface area contributed by atoms with Gasteiger partial charge in [-0.25, -0.2) is 0 Å². The molecular formula is C18H19NO4. The molecule has 5 nitrogen and oxygen atoms in total. The number of hydrogen-bond acceptors (Lipinski definition) is 4. The molecule has 0 unspecified atom stereocenters. The summed E-state index contributed by atoms with van der Waals surface area (Å²) in [6, 6.07) is 11.1. The van der Waals surface area contributed by atoms with Crippen LogP contribution in [0.5, 0.6) is 0 Å². The summed E-state index contributed by atoms with van der Waals surface area (Å²) in [5, 5.41) is 2.81. The largest absolute Gasteiger partial charge is 0.469 e. The third kappa shape index (κ3) is 5.14. The highest BCUT2D eigenvalue weighted by molar-refractivity contribution is 6.02. The Hall–Kier alpha value is -2.82. The summed E-state index contributed by atoms with van der Waals surface area (Å²) in [5.41, 5.74) is 1.78. The molecule has 2 rings (SSSR count). The molecule has 120 valence electrons. The van der Waals surface area contributed by atoms with E-state index in [-0.39, 0.29) is 18.3 Å². The van der Waals surface area contributed by atoms with Crippen molar-refractivity contribution in [3.63, 3.8) is 0 Å². The number of esters is 1. The number of benzene rings is 1. The molecule has 0 aliphatic rings. The number of carbonyl (C=O) groups excluding carboxylic acids is 2. The van der Waals surface area contributed by atoms with Gasteiger partial charge in [0.1, 0.15) is 11.5 Å². The fourth-order valence-corrected chi connectivity index (χ4v) is 1.99. The predicted molar refractivity (Wildman–Crippen MR) is 87.9 cm³/mol. The number of aryl methyl sites for hydroxylation is 2. The lowest BCUT2D eigenvalue weighted by Crippen LogP contribution is -2.08. The molecule has 23 heavy (non-hydrogen) atoms. The van der Waals surface area contributed by atoms with E-state index in [1.165, 1.54) is 13.2 Å². The van der Waals surface area contributed by atoms with Crippen LogP contribution in [-0.2, 0) is 20.7 Å². The van der Waals surface area contributed by atoms with Crippen molar-refractivity contribution in [2.75, 3.05) is 12.4 Å². The van der Waals surface area contributed by atoms with Crippen LogP contribution in [-0.4, -0.2) is 19.0 Å². The molecule has 0 fully saturated rings. The molecule has 1 aromatic carbocycles. The van der Waals surface area contributed by atoms with E-state index in [2.05, 4.69) is 10.1 Å². The van der Waals surface area contributed by atoms with E-state index in [1.807, 2.05) is 31.2 Å². The van der Waals surface area contributed by atoms with Gasteiger partial charge in [0.2, 0.25) is 5.91 Å². The zero-order valence-corrected chi connectivity index (χ0v) is 13.2. The normalized spacial score (nSPS) is 10.7. The maximum Gasteiger partial charge on any atom is 0.305 e. The average molecular weight is 313 g/mol. The van der Waals surface area contributed by atoms with E-state index in [0.717, 1.165) is 11.3 Å². The first-order valence-corrected chi connectivity index (χ1v) is 7.28. The second kappa shape index (κ2) is 7.98. The van der Waals surface area contributed by atoms with Crippen molar-refractivity contribution in [2.45, 2.75) is 19.8 Å². The minimum absolute atomic E-state index is 0.230. The lowest BCUT2D eigenvalue weighted by molar-refractivity contribution is -0.140. The molecule has 1 aromatic heterocycles. The number of methoxy groups -OCH3 is 1. The van der Waals surface area contributed by atoms with Gasteiger partial charge in [-0.2, -0.15) is 0 Å². The fraction of sp³-hybridized carbons (Fsp3) is 0.222. The summed E-state index contributed by atoms with van der Waals surface area (Å²) in [6.45, 7) is 1.93. The van der Waals surface area contributed by atoms with Gasteiger partial charge in [-0.1, -0.05) is 18.2 Å². The van der Waals surface area contributed by atoms with Crippen LogP contribution in [0.3, 0.4) is 0 Å². The Kier molecular flexibility index (Phi) is 5.74. The Morgan fingerprint density at radius 3 is 2.74 bits per heavy atom. The van der Waals surface area contributed by atoms with Gasteiger partial charge >= 0.3 is 5.97 Å². The number of hydrogen-bond donors (Lipinski definition) is 1. The van der Waals surface area contributed by atoms with Crippen LogP contribution < -0.4 is 5.32 Å². The molecular weight excluding hydrogens is 294 g/mol. The zero-order chi connectivity index (χ0) is 16.7. The van der Waals surface area contributed by atoms with Crippen LogP contribution in [0.15, 0.2) is 46.9 Å². The number of para-hydroxylation sites is 1. The second-order valence-corrected chi connectivity index (χ2v) is 5.02. The van der Waals surface area contributed by atoms with Gasteiger partial charge in [-0.15, -0.1) is 0 Å². The lowest BCUT2D eigenvalue weighted by atomic mass is 10.2. The molecule has 1 N–H and O–H groups in total. The van der Waals surface area contributed by atoms with Crippen molar-refractivity contribution < 1.29 is 18.7 Å². The van der Waals surface area contributed by atoms with E-state index in [0.29, 0.717) is 17.9 Å². The van der Waals surface area contributed by atoms with Gasteiger partial charge in [0.15, 0.2) is 0 Å². The molecule has 0 bridgehead atoms. The Morgan fingerprint density at radius 2 is 2.00 bits per heavy atom. The Morgan fingerprint density at radius 1 is 1.22 bits per heavy atom. The lowest BCUT2D eigenvalue weighted by Gasteiger charge is -2.04. The number of furan rings is 1. The Balaban J connectivity index is 1.90. The standard InChI is InChI=1S/C18H19NO4/c1-13-5-3-4-6-16(13)19-17(20)11-9-14-7-8-15(23-14)10-12-18(21)22-2/h3-9,11H,10,12H2,1-2H3,(H,19,20)/b11-9+. The molecule has 2 aromatic rings. The van der Waals surface area contributed by atoms with Crippen molar-refractivity contribution in [3.05, 3.63) is 59.6 Å². The Labute approximate surface area is 134 Å². The first kappa shape index (κ1) is 16.5. The topological polar surface area (TPSA) is 68.5 Å². The number of rotatable bonds is 6. The average Bonchev–Trinajstić information content (AvgIpc) is 3.01. The highest BCUT2D eigenvalue weighted by Crippen LogP contribution is 2.14. The molecule has 0 aliphatic heterocycles. The van der Waals surface area contributed by atoms with Crippen molar-refractivity contribution in [3.8, 4) is 0 Å². The molecule has 0 saturated heterocycles. The Bertz CT molecular complexity index is 715. The summed E-state index contributed by atoms with van der Waals surface area (Å²) in [6.07, 6.45) is 3.74. The van der Waals surface area contributed by atoms with E-state index < -0.39 is 0 Å². The van der Waals surface area contributed by atoms with E-state index in [1.54, 1.807) is 18.2 Å². The van der Waals surface area contributed by atoms with Crippen molar-refractivity contribution in [1.29, 1.82) is 0 Å². The first-order valence-electron chi connectivity index (χ1n) is 7.28. The maximum atomic E-state index is 11.9. The van der Waals surface area contributed by atoms with E-state index >= 15 is 0 Å².